The summed E-state index contributed by atoms with van der Waals surface area (Å²) in [5.41, 5.74) is 1.71. The van der Waals surface area contributed by atoms with Crippen molar-refractivity contribution in [3.63, 3.8) is 0 Å². The Kier molecular flexibility index (Phi) is 6.90. The Morgan fingerprint density at radius 3 is 2.57 bits per heavy atom. The summed E-state index contributed by atoms with van der Waals surface area (Å²) >= 11 is 12.0. The smallest absolute Gasteiger partial charge is 0.144 e. The monoisotopic (exact) mass is 350 g/mol. The van der Waals surface area contributed by atoms with Gasteiger partial charge < -0.3 is 9.64 Å². The maximum absolute atomic E-state index is 6.01. The fourth-order valence-electron chi connectivity index (χ4n) is 2.06. The van der Waals surface area contributed by atoms with Crippen molar-refractivity contribution in [3.05, 3.63) is 57.8 Å². The molecule has 0 saturated heterocycles. The lowest BCUT2D eigenvalue weighted by molar-refractivity contribution is 0.280. The summed E-state index contributed by atoms with van der Waals surface area (Å²) in [6.45, 7) is 1.65. The van der Waals surface area contributed by atoms with Crippen LogP contribution in [0.15, 0.2) is 36.5 Å². The molecule has 2 rings (SSSR count). The number of nitrogens with zero attached hydrogens (tertiary/aromatic N) is 2. The summed E-state index contributed by atoms with van der Waals surface area (Å²) in [6, 6.07) is 9.21. The predicted octanol–water partition coefficient (Wildman–Crippen LogP) is 4.89. The third kappa shape index (κ3) is 6.22. The van der Waals surface area contributed by atoms with Gasteiger partial charge in [0.1, 0.15) is 11.4 Å². The van der Waals surface area contributed by atoms with Gasteiger partial charge in [-0.2, -0.15) is 0 Å². The van der Waals surface area contributed by atoms with Gasteiger partial charge in [-0.15, -0.1) is 0 Å². The van der Waals surface area contributed by atoms with Crippen LogP contribution in [0, 0.1) is 0 Å². The van der Waals surface area contributed by atoms with Crippen LogP contribution in [0.25, 0.3) is 12.2 Å². The zero-order valence-corrected chi connectivity index (χ0v) is 14.8. The Balaban J connectivity index is 2.06. The van der Waals surface area contributed by atoms with E-state index in [0.717, 1.165) is 30.0 Å². The van der Waals surface area contributed by atoms with E-state index in [0.29, 0.717) is 16.7 Å². The number of aromatic nitrogens is 1. The molecule has 0 aliphatic heterocycles. The van der Waals surface area contributed by atoms with E-state index in [1.54, 1.807) is 12.3 Å². The van der Waals surface area contributed by atoms with Crippen molar-refractivity contribution in [2.45, 2.75) is 6.42 Å². The second-order valence-corrected chi connectivity index (χ2v) is 6.30. The lowest BCUT2D eigenvalue weighted by Gasteiger charge is -2.11. The Bertz CT molecular complexity index is 652. The highest BCUT2D eigenvalue weighted by Crippen LogP contribution is 2.22. The summed E-state index contributed by atoms with van der Waals surface area (Å²) in [4.78, 5) is 6.50. The molecule has 0 radical (unpaired) electrons. The Hall–Kier alpha value is -1.55. The molecular weight excluding hydrogens is 331 g/mol. The van der Waals surface area contributed by atoms with Crippen molar-refractivity contribution >= 4 is 35.4 Å². The minimum Gasteiger partial charge on any atom is -0.491 e. The van der Waals surface area contributed by atoms with Crippen LogP contribution in [0.2, 0.25) is 10.0 Å². The Morgan fingerprint density at radius 1 is 1.13 bits per heavy atom. The van der Waals surface area contributed by atoms with Crippen LogP contribution in [0.1, 0.15) is 17.7 Å². The number of ether oxygens (including phenoxy) is 1. The molecule has 1 aromatic carbocycles. The van der Waals surface area contributed by atoms with E-state index < -0.39 is 0 Å². The normalized spacial score (nSPS) is 11.3. The molecule has 0 spiro atoms. The van der Waals surface area contributed by atoms with E-state index >= 15 is 0 Å². The predicted molar refractivity (Wildman–Crippen MR) is 98.3 cm³/mol. The van der Waals surface area contributed by atoms with Gasteiger partial charge in [-0.05, 0) is 62.5 Å². The van der Waals surface area contributed by atoms with Gasteiger partial charge >= 0.3 is 0 Å². The summed E-state index contributed by atoms with van der Waals surface area (Å²) in [7, 11) is 4.10. The van der Waals surface area contributed by atoms with Crippen LogP contribution >= 0.6 is 23.2 Å². The first-order chi connectivity index (χ1) is 11.0. The Morgan fingerprint density at radius 2 is 1.87 bits per heavy atom. The molecule has 0 atom stereocenters. The van der Waals surface area contributed by atoms with E-state index in [2.05, 4.69) is 9.88 Å². The lowest BCUT2D eigenvalue weighted by atomic mass is 10.2. The van der Waals surface area contributed by atoms with E-state index in [4.69, 9.17) is 27.9 Å². The van der Waals surface area contributed by atoms with Crippen molar-refractivity contribution in [1.29, 1.82) is 0 Å². The fourth-order valence-corrected chi connectivity index (χ4v) is 2.60. The van der Waals surface area contributed by atoms with Crippen molar-refractivity contribution in [2.24, 2.45) is 0 Å². The van der Waals surface area contributed by atoms with Crippen LogP contribution in [-0.2, 0) is 0 Å². The molecule has 5 heteroatoms. The third-order valence-electron chi connectivity index (χ3n) is 3.13. The second kappa shape index (κ2) is 8.92. The van der Waals surface area contributed by atoms with Gasteiger partial charge in [0, 0.05) is 22.8 Å². The number of rotatable bonds is 7. The quantitative estimate of drug-likeness (QED) is 0.664. The van der Waals surface area contributed by atoms with Gasteiger partial charge in [0.15, 0.2) is 0 Å². The molecule has 0 aliphatic carbocycles. The van der Waals surface area contributed by atoms with Gasteiger partial charge in [0.05, 0.1) is 6.61 Å². The molecule has 0 bridgehead atoms. The van der Waals surface area contributed by atoms with Gasteiger partial charge in [-0.25, -0.2) is 0 Å². The standard InChI is InChI=1S/C18H20Cl2N2O/c1-22(2)9-4-10-23-18-5-3-8-21-17(18)7-6-14-11-15(19)13-16(20)12-14/h3,5-8,11-13H,4,9-10H2,1-2H3. The molecule has 0 unspecified atom stereocenters. The molecule has 0 N–H and O–H groups in total. The minimum absolute atomic E-state index is 0.610. The van der Waals surface area contributed by atoms with Crippen molar-refractivity contribution < 1.29 is 4.74 Å². The average molecular weight is 351 g/mol. The molecule has 0 fully saturated rings. The van der Waals surface area contributed by atoms with E-state index in [1.807, 2.05) is 50.5 Å². The van der Waals surface area contributed by atoms with Gasteiger partial charge in [-0.3, -0.25) is 4.98 Å². The molecule has 3 nitrogen and oxygen atoms in total. The maximum atomic E-state index is 6.01. The molecule has 0 aliphatic rings. The Labute approximate surface area is 147 Å². The lowest BCUT2D eigenvalue weighted by Crippen LogP contribution is -2.15. The molecule has 122 valence electrons. The summed E-state index contributed by atoms with van der Waals surface area (Å²) < 4.78 is 5.83. The topological polar surface area (TPSA) is 25.4 Å². The molecule has 2 aromatic rings. The van der Waals surface area contributed by atoms with Crippen LogP contribution in [0.4, 0.5) is 0 Å². The zero-order valence-electron chi connectivity index (χ0n) is 13.3. The average Bonchev–Trinajstić information content (AvgIpc) is 2.49. The number of benzene rings is 1. The first-order valence-corrected chi connectivity index (χ1v) is 8.17. The number of pyridine rings is 1. The van der Waals surface area contributed by atoms with E-state index in [-0.39, 0.29) is 0 Å². The van der Waals surface area contributed by atoms with Crippen LogP contribution in [-0.4, -0.2) is 37.1 Å². The highest BCUT2D eigenvalue weighted by atomic mass is 35.5. The van der Waals surface area contributed by atoms with Gasteiger partial charge in [-0.1, -0.05) is 29.3 Å². The van der Waals surface area contributed by atoms with Crippen molar-refractivity contribution in [3.8, 4) is 5.75 Å². The summed E-state index contributed by atoms with van der Waals surface area (Å²) in [5.74, 6) is 0.774. The summed E-state index contributed by atoms with van der Waals surface area (Å²) in [5, 5.41) is 1.22. The molecule has 23 heavy (non-hydrogen) atoms. The second-order valence-electron chi connectivity index (χ2n) is 5.43. The minimum atomic E-state index is 0.610. The maximum Gasteiger partial charge on any atom is 0.144 e. The first kappa shape index (κ1) is 17.8. The number of hydrogen-bond donors (Lipinski definition) is 0. The molecule has 1 heterocycles. The van der Waals surface area contributed by atoms with Crippen LogP contribution in [0.5, 0.6) is 5.75 Å². The van der Waals surface area contributed by atoms with Crippen LogP contribution < -0.4 is 4.74 Å². The molecule has 1 aromatic heterocycles. The van der Waals surface area contributed by atoms with Crippen molar-refractivity contribution in [2.75, 3.05) is 27.2 Å². The molecule has 0 amide bonds. The number of halogens is 2. The first-order valence-electron chi connectivity index (χ1n) is 7.41. The number of hydrogen-bond acceptors (Lipinski definition) is 3. The van der Waals surface area contributed by atoms with E-state index in [9.17, 15) is 0 Å². The highest BCUT2D eigenvalue weighted by Gasteiger charge is 2.02. The van der Waals surface area contributed by atoms with Crippen LogP contribution in [0.3, 0.4) is 0 Å². The third-order valence-corrected chi connectivity index (χ3v) is 3.56. The molecule has 0 saturated carbocycles. The van der Waals surface area contributed by atoms with Gasteiger partial charge in [0.2, 0.25) is 0 Å². The SMILES string of the molecule is CN(C)CCCOc1cccnc1C=Cc1cc(Cl)cc(Cl)c1. The van der Waals surface area contributed by atoms with Gasteiger partial charge in [0.25, 0.3) is 0 Å². The molecular formula is C18H20Cl2N2O. The zero-order chi connectivity index (χ0) is 16.7. The van der Waals surface area contributed by atoms with Crippen molar-refractivity contribution in [1.82, 2.24) is 9.88 Å². The summed E-state index contributed by atoms with van der Waals surface area (Å²) in [6.07, 6.45) is 6.54. The largest absolute Gasteiger partial charge is 0.491 e. The van der Waals surface area contributed by atoms with E-state index in [1.165, 1.54) is 0 Å². The fraction of sp³-hybridized carbons (Fsp3) is 0.278. The highest BCUT2D eigenvalue weighted by molar-refractivity contribution is 6.34.